The van der Waals surface area contributed by atoms with Crippen LogP contribution in [0.3, 0.4) is 0 Å². The lowest BCUT2D eigenvalue weighted by Crippen LogP contribution is -1.92. The molecule has 4 aromatic carbocycles. The van der Waals surface area contributed by atoms with Crippen molar-refractivity contribution in [3.8, 4) is 22.5 Å². The number of hydrogen-bond acceptors (Lipinski definition) is 5. The van der Waals surface area contributed by atoms with Crippen molar-refractivity contribution >= 4 is 55.4 Å². The molecule has 0 aliphatic carbocycles. The third kappa shape index (κ3) is 4.99. The largest absolute Gasteiger partial charge is 0.251 e. The maximum atomic E-state index is 5.10. The number of aryl methyl sites for hydroxylation is 4. The van der Waals surface area contributed by atoms with E-state index in [0.29, 0.717) is 0 Å². The summed E-state index contributed by atoms with van der Waals surface area (Å²) in [7, 11) is 0. The summed E-state index contributed by atoms with van der Waals surface area (Å²) in [5.74, 6) is 0. The first-order chi connectivity index (χ1) is 21.9. The zero-order valence-electron chi connectivity index (χ0n) is 25.6. The maximum absolute atomic E-state index is 5.10. The van der Waals surface area contributed by atoms with Gasteiger partial charge in [-0.3, -0.25) is 9.97 Å². The Bertz CT molecular complexity index is 2290. The first-order valence-electron chi connectivity index (χ1n) is 15.1. The van der Waals surface area contributed by atoms with Crippen molar-refractivity contribution in [2.45, 2.75) is 37.5 Å². The Balaban J connectivity index is 1.09. The first-order valence-corrected chi connectivity index (χ1v) is 16.0. The summed E-state index contributed by atoms with van der Waals surface area (Å²) < 4.78 is 0. The van der Waals surface area contributed by atoms with E-state index in [9.17, 15) is 0 Å². The van der Waals surface area contributed by atoms with Crippen molar-refractivity contribution in [2.75, 3.05) is 0 Å². The molecule has 0 saturated heterocycles. The van der Waals surface area contributed by atoms with E-state index in [0.717, 1.165) is 77.5 Å². The molecule has 0 saturated carbocycles. The molecule has 4 nitrogen and oxygen atoms in total. The van der Waals surface area contributed by atoms with Gasteiger partial charge in [0.1, 0.15) is 0 Å². The van der Waals surface area contributed by atoms with Gasteiger partial charge in [-0.25, -0.2) is 9.97 Å². The van der Waals surface area contributed by atoms with Crippen LogP contribution in [0.2, 0.25) is 0 Å². The van der Waals surface area contributed by atoms with E-state index >= 15 is 0 Å². The van der Waals surface area contributed by atoms with Gasteiger partial charge in [0.05, 0.1) is 33.5 Å². The average molecular weight is 599 g/mol. The van der Waals surface area contributed by atoms with Crippen molar-refractivity contribution in [1.82, 2.24) is 19.9 Å². The molecule has 4 aromatic heterocycles. The van der Waals surface area contributed by atoms with E-state index in [1.165, 1.54) is 20.9 Å². The second kappa shape index (κ2) is 10.8. The van der Waals surface area contributed by atoms with Crippen LogP contribution in [0.4, 0.5) is 0 Å². The van der Waals surface area contributed by atoms with Crippen LogP contribution in [0.15, 0.2) is 119 Å². The Hall–Kier alpha value is -5.13. The van der Waals surface area contributed by atoms with Crippen LogP contribution in [0.1, 0.15) is 22.5 Å². The van der Waals surface area contributed by atoms with E-state index in [4.69, 9.17) is 19.9 Å². The molecule has 0 N–H and O–H groups in total. The van der Waals surface area contributed by atoms with Gasteiger partial charge in [-0.1, -0.05) is 72.4 Å². The minimum absolute atomic E-state index is 0.947. The molecule has 216 valence electrons. The Labute approximate surface area is 266 Å². The smallest absolute Gasteiger partial charge is 0.0972 e. The Morgan fingerprint density at radius 3 is 1.13 bits per heavy atom. The normalized spacial score (nSPS) is 11.6. The molecule has 0 amide bonds. The highest BCUT2D eigenvalue weighted by molar-refractivity contribution is 7.99. The molecule has 0 aliphatic heterocycles. The van der Waals surface area contributed by atoms with Crippen molar-refractivity contribution < 1.29 is 0 Å². The van der Waals surface area contributed by atoms with Crippen LogP contribution in [0.25, 0.3) is 66.1 Å². The first kappa shape index (κ1) is 27.4. The molecule has 0 radical (unpaired) electrons. The molecular weight excluding hydrogens is 569 g/mol. The highest BCUT2D eigenvalue weighted by Crippen LogP contribution is 2.36. The number of hydrogen-bond donors (Lipinski definition) is 0. The van der Waals surface area contributed by atoms with Crippen LogP contribution in [0.5, 0.6) is 0 Å². The third-order valence-corrected chi connectivity index (χ3v) is 9.48. The SMILES string of the molecule is Cc1ccc2ccc3ccc(-c4ccc(Sc5ccc(-c6ccc7ccc8ccc(C)nc8c7n6)c(C)c5)cc4C)nc3c2n1. The van der Waals surface area contributed by atoms with Crippen molar-refractivity contribution in [3.05, 3.63) is 132 Å². The summed E-state index contributed by atoms with van der Waals surface area (Å²) in [5.41, 5.74) is 12.4. The summed E-state index contributed by atoms with van der Waals surface area (Å²) in [5, 5.41) is 4.43. The van der Waals surface area contributed by atoms with Crippen LogP contribution in [-0.2, 0) is 0 Å². The molecule has 0 bridgehead atoms. The number of pyridine rings is 4. The lowest BCUT2D eigenvalue weighted by molar-refractivity contribution is 1.25. The van der Waals surface area contributed by atoms with Gasteiger partial charge in [-0.05, 0) is 87.4 Å². The van der Waals surface area contributed by atoms with Crippen LogP contribution in [-0.4, -0.2) is 19.9 Å². The standard InChI is InChI=1S/C40H30N4S/c1-23-21-31(15-17-33(23)35-19-13-29-11-9-27-7-5-25(3)41-37(27)39(29)43-35)45-32-16-18-34(24(2)22-32)36-20-14-30-12-10-28-8-6-26(4)42-38(28)40(30)44-36/h5-22H,1-4H3. The Kier molecular flexibility index (Phi) is 6.58. The summed E-state index contributed by atoms with van der Waals surface area (Å²) >= 11 is 1.77. The second-order valence-corrected chi connectivity index (χ2v) is 12.9. The predicted octanol–water partition coefficient (Wildman–Crippen LogP) is 10.6. The highest BCUT2D eigenvalue weighted by atomic mass is 32.2. The Morgan fingerprint density at radius 1 is 0.378 bits per heavy atom. The van der Waals surface area contributed by atoms with E-state index < -0.39 is 0 Å². The molecule has 0 spiro atoms. The van der Waals surface area contributed by atoms with Gasteiger partial charge < -0.3 is 0 Å². The van der Waals surface area contributed by atoms with Crippen molar-refractivity contribution in [3.63, 3.8) is 0 Å². The van der Waals surface area contributed by atoms with E-state index in [1.807, 2.05) is 26.0 Å². The molecular formula is C40H30N4S. The molecule has 0 unspecified atom stereocenters. The number of benzene rings is 4. The van der Waals surface area contributed by atoms with E-state index in [-0.39, 0.29) is 0 Å². The molecule has 0 aliphatic rings. The van der Waals surface area contributed by atoms with Crippen molar-refractivity contribution in [2.24, 2.45) is 0 Å². The number of aromatic nitrogens is 4. The fourth-order valence-electron chi connectivity index (χ4n) is 6.14. The fourth-order valence-corrected chi connectivity index (χ4v) is 7.16. The fraction of sp³-hybridized carbons (Fsp3) is 0.100. The Morgan fingerprint density at radius 2 is 0.733 bits per heavy atom. The number of fused-ring (bicyclic) bond motifs is 6. The van der Waals surface area contributed by atoms with Crippen LogP contribution < -0.4 is 0 Å². The molecule has 8 aromatic rings. The molecule has 4 heterocycles. The second-order valence-electron chi connectivity index (χ2n) is 11.8. The maximum Gasteiger partial charge on any atom is 0.0972 e. The van der Waals surface area contributed by atoms with E-state index in [1.54, 1.807) is 11.8 Å². The molecule has 45 heavy (non-hydrogen) atoms. The summed E-state index contributed by atoms with van der Waals surface area (Å²) in [6.45, 7) is 8.38. The van der Waals surface area contributed by atoms with Gasteiger partial charge in [0.2, 0.25) is 0 Å². The molecule has 0 fully saturated rings. The topological polar surface area (TPSA) is 51.6 Å². The van der Waals surface area contributed by atoms with Gasteiger partial charge >= 0.3 is 0 Å². The number of nitrogens with zero attached hydrogens (tertiary/aromatic N) is 4. The van der Waals surface area contributed by atoms with Gasteiger partial charge in [0.25, 0.3) is 0 Å². The van der Waals surface area contributed by atoms with Crippen LogP contribution >= 0.6 is 11.8 Å². The monoisotopic (exact) mass is 598 g/mol. The van der Waals surface area contributed by atoms with Gasteiger partial charge in [-0.2, -0.15) is 0 Å². The summed E-state index contributed by atoms with van der Waals surface area (Å²) in [6, 6.07) is 38.6. The van der Waals surface area contributed by atoms with Crippen molar-refractivity contribution in [1.29, 1.82) is 0 Å². The average Bonchev–Trinajstić information content (AvgIpc) is 3.04. The summed E-state index contributed by atoms with van der Waals surface area (Å²) in [6.07, 6.45) is 0. The molecule has 5 heteroatoms. The number of rotatable bonds is 4. The minimum Gasteiger partial charge on any atom is -0.251 e. The van der Waals surface area contributed by atoms with E-state index in [2.05, 4.69) is 111 Å². The zero-order valence-corrected chi connectivity index (χ0v) is 26.4. The zero-order chi connectivity index (χ0) is 30.7. The minimum atomic E-state index is 0.947. The van der Waals surface area contributed by atoms with Gasteiger partial charge in [-0.15, -0.1) is 0 Å². The lowest BCUT2D eigenvalue weighted by atomic mass is 10.0. The quantitative estimate of drug-likeness (QED) is 0.189. The summed E-state index contributed by atoms with van der Waals surface area (Å²) in [4.78, 5) is 22.2. The van der Waals surface area contributed by atoms with Crippen LogP contribution in [0, 0.1) is 27.7 Å². The van der Waals surface area contributed by atoms with Gasteiger partial charge in [0.15, 0.2) is 0 Å². The predicted molar refractivity (Wildman–Crippen MR) is 188 cm³/mol. The molecule has 0 atom stereocenters. The highest BCUT2D eigenvalue weighted by Gasteiger charge is 2.12. The lowest BCUT2D eigenvalue weighted by Gasteiger charge is -2.12. The van der Waals surface area contributed by atoms with Gasteiger partial charge in [0, 0.05) is 53.9 Å². The molecule has 8 rings (SSSR count). The third-order valence-electron chi connectivity index (χ3n) is 8.50.